The van der Waals surface area contributed by atoms with Crippen LogP contribution in [0, 0.1) is 18.3 Å². The van der Waals surface area contributed by atoms with Crippen LogP contribution in [0.3, 0.4) is 0 Å². The van der Waals surface area contributed by atoms with E-state index in [9.17, 15) is 10.1 Å². The number of nitrogens with zero attached hydrogens (tertiary/aromatic N) is 2. The molecule has 0 unspecified atom stereocenters. The van der Waals surface area contributed by atoms with E-state index in [1.807, 2.05) is 31.2 Å². The van der Waals surface area contributed by atoms with Crippen LogP contribution in [0.15, 0.2) is 48.0 Å². The molecule has 3 aromatic rings. The van der Waals surface area contributed by atoms with Gasteiger partial charge in [0.2, 0.25) is 0 Å². The lowest BCUT2D eigenvalue weighted by molar-refractivity contribution is -0.112. The van der Waals surface area contributed by atoms with E-state index in [0.717, 1.165) is 16.5 Å². The second-order valence-electron chi connectivity index (χ2n) is 6.55. The molecule has 7 heteroatoms. The summed E-state index contributed by atoms with van der Waals surface area (Å²) in [7, 11) is 0. The number of hydrogen-bond acceptors (Lipinski definition) is 5. The average Bonchev–Trinajstić information content (AvgIpc) is 2.72. The van der Waals surface area contributed by atoms with Gasteiger partial charge in [-0.1, -0.05) is 23.7 Å². The molecule has 1 N–H and O–H groups in total. The van der Waals surface area contributed by atoms with E-state index in [2.05, 4.69) is 10.3 Å². The molecule has 1 aliphatic rings. The van der Waals surface area contributed by atoms with E-state index in [0.29, 0.717) is 36.0 Å². The molecule has 2 heterocycles. The van der Waals surface area contributed by atoms with Gasteiger partial charge in [0.05, 0.1) is 5.52 Å². The Morgan fingerprint density at radius 2 is 1.97 bits per heavy atom. The van der Waals surface area contributed by atoms with Crippen molar-refractivity contribution >= 4 is 40.2 Å². The minimum Gasteiger partial charge on any atom is -0.486 e. The van der Waals surface area contributed by atoms with Gasteiger partial charge < -0.3 is 14.8 Å². The largest absolute Gasteiger partial charge is 0.486 e. The van der Waals surface area contributed by atoms with Crippen LogP contribution in [0.5, 0.6) is 11.5 Å². The molecule has 0 bridgehead atoms. The number of anilines is 1. The molecule has 144 valence electrons. The SMILES string of the molecule is Cc1ccc2cc(/C=C(\C#N)C(=O)Nc3ccc4c(c3)OCCO4)c(Cl)nc2c1. The van der Waals surface area contributed by atoms with Gasteiger partial charge in [-0.15, -0.1) is 0 Å². The van der Waals surface area contributed by atoms with Crippen molar-refractivity contribution in [3.05, 3.63) is 64.3 Å². The minimum absolute atomic E-state index is 0.0879. The van der Waals surface area contributed by atoms with Crippen LogP contribution in [0.25, 0.3) is 17.0 Å². The number of benzene rings is 2. The van der Waals surface area contributed by atoms with Gasteiger partial charge in [0.1, 0.15) is 30.0 Å². The van der Waals surface area contributed by atoms with Crippen molar-refractivity contribution in [3.63, 3.8) is 0 Å². The number of hydrogen-bond donors (Lipinski definition) is 1. The van der Waals surface area contributed by atoms with Crippen molar-refractivity contribution < 1.29 is 14.3 Å². The lowest BCUT2D eigenvalue weighted by Gasteiger charge is -2.18. The lowest BCUT2D eigenvalue weighted by Crippen LogP contribution is -2.17. The number of aryl methyl sites for hydroxylation is 1. The molecule has 6 nitrogen and oxygen atoms in total. The molecule has 4 rings (SSSR count). The van der Waals surface area contributed by atoms with Crippen molar-refractivity contribution in [2.45, 2.75) is 6.92 Å². The molecule has 0 spiro atoms. The number of halogens is 1. The number of amides is 1. The van der Waals surface area contributed by atoms with Crippen LogP contribution in [0.4, 0.5) is 5.69 Å². The monoisotopic (exact) mass is 405 g/mol. The molecule has 1 aromatic heterocycles. The van der Waals surface area contributed by atoms with Crippen LogP contribution in [-0.4, -0.2) is 24.1 Å². The van der Waals surface area contributed by atoms with Crippen LogP contribution in [-0.2, 0) is 4.79 Å². The zero-order chi connectivity index (χ0) is 20.4. The topological polar surface area (TPSA) is 84.2 Å². The zero-order valence-corrected chi connectivity index (χ0v) is 16.3. The predicted octanol–water partition coefficient (Wildman–Crippen LogP) is 4.51. The van der Waals surface area contributed by atoms with Gasteiger partial charge >= 0.3 is 0 Å². The first kappa shape index (κ1) is 18.8. The number of nitriles is 1. The van der Waals surface area contributed by atoms with E-state index in [-0.39, 0.29) is 10.7 Å². The van der Waals surface area contributed by atoms with Crippen LogP contribution < -0.4 is 14.8 Å². The maximum Gasteiger partial charge on any atom is 0.266 e. The van der Waals surface area contributed by atoms with Gasteiger partial charge in [-0.2, -0.15) is 5.26 Å². The quantitative estimate of drug-likeness (QED) is 0.393. The molecule has 0 fully saturated rings. The number of carbonyl (C=O) groups excluding carboxylic acids is 1. The summed E-state index contributed by atoms with van der Waals surface area (Å²) < 4.78 is 11.0. The molecular formula is C22H16ClN3O3. The van der Waals surface area contributed by atoms with Crippen molar-refractivity contribution in [3.8, 4) is 17.6 Å². The summed E-state index contributed by atoms with van der Waals surface area (Å²) in [5, 5.41) is 13.3. The summed E-state index contributed by atoms with van der Waals surface area (Å²) in [6.45, 7) is 2.90. The first-order valence-electron chi connectivity index (χ1n) is 8.93. The molecular weight excluding hydrogens is 390 g/mol. The standard InChI is InChI=1S/C22H16ClN3O3/c1-13-2-3-14-9-15(21(23)26-18(14)8-13)10-16(12-24)22(27)25-17-4-5-19-20(11-17)29-7-6-28-19/h2-5,8-11H,6-7H2,1H3,(H,25,27)/b16-10+. The van der Waals surface area contributed by atoms with Crippen LogP contribution in [0.2, 0.25) is 5.15 Å². The van der Waals surface area contributed by atoms with Crippen molar-refractivity contribution in [1.29, 1.82) is 5.26 Å². The third-order valence-corrected chi connectivity index (χ3v) is 4.72. The van der Waals surface area contributed by atoms with E-state index >= 15 is 0 Å². The van der Waals surface area contributed by atoms with Crippen molar-refractivity contribution in [2.24, 2.45) is 0 Å². The maximum atomic E-state index is 12.6. The fourth-order valence-corrected chi connectivity index (χ4v) is 3.19. The summed E-state index contributed by atoms with van der Waals surface area (Å²) in [5.74, 6) is 0.618. The van der Waals surface area contributed by atoms with Gasteiger partial charge in [-0.25, -0.2) is 4.98 Å². The Labute approximate surface area is 172 Å². The third kappa shape index (κ3) is 4.00. The number of nitrogens with one attached hydrogen (secondary N) is 1. The van der Waals surface area contributed by atoms with E-state index in [1.165, 1.54) is 6.08 Å². The zero-order valence-electron chi connectivity index (χ0n) is 15.5. The minimum atomic E-state index is -0.552. The fraction of sp³-hybridized carbons (Fsp3) is 0.136. The Balaban J connectivity index is 1.61. The van der Waals surface area contributed by atoms with Gasteiger partial charge in [0.15, 0.2) is 11.5 Å². The molecule has 0 aliphatic carbocycles. The van der Waals surface area contributed by atoms with Crippen LogP contribution >= 0.6 is 11.6 Å². The highest BCUT2D eigenvalue weighted by Crippen LogP contribution is 2.32. The average molecular weight is 406 g/mol. The van der Waals surface area contributed by atoms with E-state index in [4.69, 9.17) is 21.1 Å². The molecule has 0 saturated carbocycles. The second-order valence-corrected chi connectivity index (χ2v) is 6.90. The van der Waals surface area contributed by atoms with Gasteiger partial charge in [0.25, 0.3) is 5.91 Å². The highest BCUT2D eigenvalue weighted by molar-refractivity contribution is 6.31. The van der Waals surface area contributed by atoms with Gasteiger partial charge in [-0.05, 0) is 42.8 Å². The van der Waals surface area contributed by atoms with Crippen molar-refractivity contribution in [1.82, 2.24) is 4.98 Å². The molecule has 0 atom stereocenters. The first-order valence-corrected chi connectivity index (χ1v) is 9.31. The van der Waals surface area contributed by atoms with Gasteiger partial charge in [0, 0.05) is 22.7 Å². The highest BCUT2D eigenvalue weighted by atomic mass is 35.5. The molecule has 1 amide bonds. The molecule has 0 radical (unpaired) electrons. The molecule has 1 aliphatic heterocycles. The second kappa shape index (κ2) is 7.82. The predicted molar refractivity (Wildman–Crippen MR) is 111 cm³/mol. The summed E-state index contributed by atoms with van der Waals surface area (Å²) in [6, 6.07) is 14.6. The Morgan fingerprint density at radius 1 is 1.17 bits per heavy atom. The first-order chi connectivity index (χ1) is 14.0. The van der Waals surface area contributed by atoms with Gasteiger partial charge in [-0.3, -0.25) is 4.79 Å². The summed E-state index contributed by atoms with van der Waals surface area (Å²) >= 11 is 6.27. The summed E-state index contributed by atoms with van der Waals surface area (Å²) in [6.07, 6.45) is 1.43. The Hall–Kier alpha value is -3.56. The normalized spacial score (nSPS) is 13.1. The van der Waals surface area contributed by atoms with Crippen molar-refractivity contribution in [2.75, 3.05) is 18.5 Å². The number of aromatic nitrogens is 1. The maximum absolute atomic E-state index is 12.6. The number of carbonyl (C=O) groups is 1. The highest BCUT2D eigenvalue weighted by Gasteiger charge is 2.15. The molecule has 2 aromatic carbocycles. The third-order valence-electron chi connectivity index (χ3n) is 4.42. The van der Waals surface area contributed by atoms with E-state index < -0.39 is 5.91 Å². The number of rotatable bonds is 3. The Kier molecular flexibility index (Phi) is 5.07. The lowest BCUT2D eigenvalue weighted by atomic mass is 10.1. The van der Waals surface area contributed by atoms with E-state index in [1.54, 1.807) is 24.3 Å². The number of ether oxygens (including phenoxy) is 2. The smallest absolute Gasteiger partial charge is 0.266 e. The molecule has 29 heavy (non-hydrogen) atoms. The number of pyridine rings is 1. The fourth-order valence-electron chi connectivity index (χ4n) is 2.99. The summed E-state index contributed by atoms with van der Waals surface area (Å²) in [5.41, 5.74) is 2.73. The number of fused-ring (bicyclic) bond motifs is 2. The molecule has 0 saturated heterocycles. The summed E-state index contributed by atoms with van der Waals surface area (Å²) in [4.78, 5) is 17.0. The van der Waals surface area contributed by atoms with Crippen LogP contribution in [0.1, 0.15) is 11.1 Å². The Morgan fingerprint density at radius 3 is 2.76 bits per heavy atom. The Bertz CT molecular complexity index is 1200.